The predicted octanol–water partition coefficient (Wildman–Crippen LogP) is 4.50. The zero-order valence-electron chi connectivity index (χ0n) is 16.2. The van der Waals surface area contributed by atoms with Crippen molar-refractivity contribution in [1.29, 1.82) is 0 Å². The first kappa shape index (κ1) is 19.0. The maximum Gasteiger partial charge on any atom is 0.229 e. The standard InChI is InChI=1S/C23H20FN3O2S/c24-16-7-5-15(6-8-16)23-22(17-3-1-2-4-18(17)26-23)19-14-30-20(25-19)13-21(28)27-9-11-29-12-10-27/h1-8,14,26H,9-13H2. The second-order valence-electron chi connectivity index (χ2n) is 7.22. The third-order valence-electron chi connectivity index (χ3n) is 5.31. The van der Waals surface area contributed by atoms with Gasteiger partial charge in [-0.05, 0) is 35.9 Å². The first-order valence-corrected chi connectivity index (χ1v) is 10.7. The molecule has 0 bridgehead atoms. The highest BCUT2D eigenvalue weighted by molar-refractivity contribution is 7.10. The first-order chi connectivity index (χ1) is 14.7. The molecule has 5 nitrogen and oxygen atoms in total. The Bertz CT molecular complexity index is 1190. The van der Waals surface area contributed by atoms with Crippen LogP contribution in [0.4, 0.5) is 4.39 Å². The molecule has 1 N–H and O–H groups in total. The fourth-order valence-corrected chi connectivity index (χ4v) is 4.58. The Balaban J connectivity index is 1.51. The monoisotopic (exact) mass is 421 g/mol. The van der Waals surface area contributed by atoms with E-state index in [1.807, 2.05) is 34.5 Å². The molecule has 2 aromatic heterocycles. The van der Waals surface area contributed by atoms with Crippen LogP contribution in [0.25, 0.3) is 33.4 Å². The highest BCUT2D eigenvalue weighted by Gasteiger charge is 2.21. The number of ether oxygens (including phenoxy) is 1. The normalized spacial score (nSPS) is 14.4. The van der Waals surface area contributed by atoms with Crippen LogP contribution in [-0.4, -0.2) is 47.1 Å². The van der Waals surface area contributed by atoms with E-state index in [9.17, 15) is 9.18 Å². The van der Waals surface area contributed by atoms with E-state index in [0.29, 0.717) is 32.7 Å². The van der Waals surface area contributed by atoms with Gasteiger partial charge < -0.3 is 14.6 Å². The molecule has 152 valence electrons. The number of carbonyl (C=O) groups excluding carboxylic acids is 1. The second kappa shape index (κ2) is 8.01. The number of hydrogen-bond acceptors (Lipinski definition) is 4. The number of H-pyrrole nitrogens is 1. The fraction of sp³-hybridized carbons (Fsp3) is 0.217. The summed E-state index contributed by atoms with van der Waals surface area (Å²) >= 11 is 1.49. The quantitative estimate of drug-likeness (QED) is 0.528. The highest BCUT2D eigenvalue weighted by Crippen LogP contribution is 2.38. The molecule has 1 saturated heterocycles. The number of nitrogens with one attached hydrogen (secondary N) is 1. The van der Waals surface area contributed by atoms with Crippen LogP contribution in [0, 0.1) is 5.82 Å². The Morgan fingerprint density at radius 3 is 2.70 bits per heavy atom. The summed E-state index contributed by atoms with van der Waals surface area (Å²) in [6, 6.07) is 14.5. The zero-order chi connectivity index (χ0) is 20.5. The Hall–Kier alpha value is -3.03. The van der Waals surface area contributed by atoms with Crippen LogP contribution in [0.5, 0.6) is 0 Å². The van der Waals surface area contributed by atoms with E-state index in [1.54, 1.807) is 12.1 Å². The van der Waals surface area contributed by atoms with E-state index >= 15 is 0 Å². The molecule has 1 fully saturated rings. The van der Waals surface area contributed by atoms with Crippen molar-refractivity contribution in [2.75, 3.05) is 26.3 Å². The van der Waals surface area contributed by atoms with Crippen LogP contribution in [0.2, 0.25) is 0 Å². The molecule has 3 heterocycles. The minimum Gasteiger partial charge on any atom is -0.378 e. The zero-order valence-corrected chi connectivity index (χ0v) is 17.0. The molecule has 7 heteroatoms. The number of fused-ring (bicyclic) bond motifs is 1. The van der Waals surface area contributed by atoms with Crippen molar-refractivity contribution in [2.45, 2.75) is 6.42 Å². The average Bonchev–Trinajstić information content (AvgIpc) is 3.39. The van der Waals surface area contributed by atoms with Gasteiger partial charge in [0, 0.05) is 34.9 Å². The van der Waals surface area contributed by atoms with E-state index < -0.39 is 0 Å². The maximum atomic E-state index is 13.4. The molecular weight excluding hydrogens is 401 g/mol. The summed E-state index contributed by atoms with van der Waals surface area (Å²) in [6.45, 7) is 2.44. The van der Waals surface area contributed by atoms with Gasteiger partial charge in [0.25, 0.3) is 0 Å². The molecule has 30 heavy (non-hydrogen) atoms. The number of amides is 1. The number of carbonyl (C=O) groups is 1. The van der Waals surface area contributed by atoms with Crippen LogP contribution in [-0.2, 0) is 16.0 Å². The van der Waals surface area contributed by atoms with Crippen LogP contribution in [0.1, 0.15) is 5.01 Å². The Morgan fingerprint density at radius 1 is 1.13 bits per heavy atom. The van der Waals surface area contributed by atoms with Gasteiger partial charge >= 0.3 is 0 Å². The molecule has 4 aromatic rings. The lowest BCUT2D eigenvalue weighted by Crippen LogP contribution is -2.41. The summed E-state index contributed by atoms with van der Waals surface area (Å²) in [5.74, 6) is -0.189. The van der Waals surface area contributed by atoms with Crippen molar-refractivity contribution in [2.24, 2.45) is 0 Å². The van der Waals surface area contributed by atoms with Gasteiger partial charge in [-0.2, -0.15) is 0 Å². The highest BCUT2D eigenvalue weighted by atomic mass is 32.1. The van der Waals surface area contributed by atoms with Crippen molar-refractivity contribution < 1.29 is 13.9 Å². The topological polar surface area (TPSA) is 58.2 Å². The van der Waals surface area contributed by atoms with Crippen LogP contribution in [0.3, 0.4) is 0 Å². The summed E-state index contributed by atoms with van der Waals surface area (Å²) in [7, 11) is 0. The molecule has 0 radical (unpaired) electrons. The van der Waals surface area contributed by atoms with E-state index in [2.05, 4.69) is 4.98 Å². The number of nitrogens with zero attached hydrogens (tertiary/aromatic N) is 2. The second-order valence-corrected chi connectivity index (χ2v) is 8.17. The number of hydrogen-bond donors (Lipinski definition) is 1. The van der Waals surface area contributed by atoms with E-state index in [1.165, 1.54) is 23.5 Å². The van der Waals surface area contributed by atoms with Crippen molar-refractivity contribution in [3.8, 4) is 22.5 Å². The number of thiazole rings is 1. The number of morpholine rings is 1. The molecule has 5 rings (SSSR count). The lowest BCUT2D eigenvalue weighted by atomic mass is 10.0. The Labute approximate surface area is 177 Å². The summed E-state index contributed by atoms with van der Waals surface area (Å²) in [6.07, 6.45) is 0.291. The van der Waals surface area contributed by atoms with E-state index in [0.717, 1.165) is 38.4 Å². The predicted molar refractivity (Wildman–Crippen MR) is 116 cm³/mol. The van der Waals surface area contributed by atoms with E-state index in [4.69, 9.17) is 9.72 Å². The molecule has 1 aliphatic rings. The van der Waals surface area contributed by atoms with Gasteiger partial charge in [0.15, 0.2) is 0 Å². The van der Waals surface area contributed by atoms with Crippen molar-refractivity contribution in [3.63, 3.8) is 0 Å². The molecule has 1 aliphatic heterocycles. The third kappa shape index (κ3) is 3.62. The maximum absolute atomic E-state index is 13.4. The van der Waals surface area contributed by atoms with Gasteiger partial charge in [-0.25, -0.2) is 9.37 Å². The molecule has 0 atom stereocenters. The van der Waals surface area contributed by atoms with Gasteiger partial charge in [-0.1, -0.05) is 18.2 Å². The molecule has 0 aliphatic carbocycles. The summed E-state index contributed by atoms with van der Waals surface area (Å²) in [4.78, 5) is 22.7. The molecule has 0 saturated carbocycles. The van der Waals surface area contributed by atoms with Crippen LogP contribution >= 0.6 is 11.3 Å². The van der Waals surface area contributed by atoms with Crippen LogP contribution in [0.15, 0.2) is 53.9 Å². The minimum atomic E-state index is -0.269. The van der Waals surface area contributed by atoms with Crippen molar-refractivity contribution in [3.05, 3.63) is 64.7 Å². The lowest BCUT2D eigenvalue weighted by Gasteiger charge is -2.26. The minimum absolute atomic E-state index is 0.0804. The van der Waals surface area contributed by atoms with Gasteiger partial charge in [0.1, 0.15) is 10.8 Å². The van der Waals surface area contributed by atoms with Crippen LogP contribution < -0.4 is 0 Å². The first-order valence-electron chi connectivity index (χ1n) is 9.86. The molecule has 0 spiro atoms. The number of aromatic amines is 1. The summed E-state index contributed by atoms with van der Waals surface area (Å²) in [5.41, 5.74) is 4.57. The Kier molecular flexibility index (Phi) is 5.06. The van der Waals surface area contributed by atoms with Crippen molar-refractivity contribution in [1.82, 2.24) is 14.9 Å². The SMILES string of the molecule is O=C(Cc1nc(-c2c(-c3ccc(F)cc3)[nH]c3ccccc23)cs1)N1CCOCC1. The summed E-state index contributed by atoms with van der Waals surface area (Å²) in [5, 5.41) is 3.83. The van der Waals surface area contributed by atoms with E-state index in [-0.39, 0.29) is 11.7 Å². The fourth-order valence-electron chi connectivity index (χ4n) is 3.80. The number of aromatic nitrogens is 2. The smallest absolute Gasteiger partial charge is 0.229 e. The van der Waals surface area contributed by atoms with Gasteiger partial charge in [0.05, 0.1) is 31.0 Å². The van der Waals surface area contributed by atoms with Gasteiger partial charge in [-0.15, -0.1) is 11.3 Å². The van der Waals surface area contributed by atoms with Gasteiger partial charge in [0.2, 0.25) is 5.91 Å². The number of rotatable bonds is 4. The third-order valence-corrected chi connectivity index (χ3v) is 6.16. The molecule has 1 amide bonds. The average molecular weight is 421 g/mol. The molecule has 2 aromatic carbocycles. The Morgan fingerprint density at radius 2 is 1.90 bits per heavy atom. The largest absolute Gasteiger partial charge is 0.378 e. The molecular formula is C23H20FN3O2S. The lowest BCUT2D eigenvalue weighted by molar-refractivity contribution is -0.134. The van der Waals surface area contributed by atoms with Crippen molar-refractivity contribution >= 4 is 28.1 Å². The number of benzene rings is 2. The number of halogens is 1. The molecule has 0 unspecified atom stereocenters. The van der Waals surface area contributed by atoms with Gasteiger partial charge in [-0.3, -0.25) is 4.79 Å². The summed E-state index contributed by atoms with van der Waals surface area (Å²) < 4.78 is 18.8. The number of para-hydroxylation sites is 1.